The van der Waals surface area contributed by atoms with Crippen LogP contribution in [-0.2, 0) is 16.3 Å². The fourth-order valence-corrected chi connectivity index (χ4v) is 6.44. The molecule has 0 unspecified atom stereocenters. The minimum absolute atomic E-state index is 0.0804. The molecule has 27 heavy (non-hydrogen) atoms. The second-order valence-electron chi connectivity index (χ2n) is 6.38. The summed E-state index contributed by atoms with van der Waals surface area (Å²) in [5.74, 6) is 1.51. The third kappa shape index (κ3) is 4.64. The van der Waals surface area contributed by atoms with E-state index in [1.165, 1.54) is 16.6 Å². The molecule has 1 aliphatic carbocycles. The summed E-state index contributed by atoms with van der Waals surface area (Å²) in [6.07, 6.45) is 3.05. The number of nitrogens with zero attached hydrogens (tertiary/aromatic N) is 3. The summed E-state index contributed by atoms with van der Waals surface area (Å²) in [5, 5.41) is 11.6. The van der Waals surface area contributed by atoms with Gasteiger partial charge in [-0.3, -0.25) is 0 Å². The molecule has 0 saturated heterocycles. The zero-order valence-corrected chi connectivity index (χ0v) is 18.5. The van der Waals surface area contributed by atoms with Crippen molar-refractivity contribution in [1.29, 1.82) is 0 Å². The van der Waals surface area contributed by atoms with E-state index in [0.717, 1.165) is 34.7 Å². The Balaban J connectivity index is 1.44. The maximum Gasteiger partial charge on any atom is 0.191 e. The van der Waals surface area contributed by atoms with Gasteiger partial charge in [-0.15, -0.1) is 21.5 Å². The summed E-state index contributed by atoms with van der Waals surface area (Å²) in [7, 11) is -3.30. The van der Waals surface area contributed by atoms with E-state index in [-0.39, 0.29) is 5.75 Å². The van der Waals surface area contributed by atoms with Crippen molar-refractivity contribution in [1.82, 2.24) is 14.8 Å². The molecule has 0 bridgehead atoms. The van der Waals surface area contributed by atoms with Gasteiger partial charge in [0.1, 0.15) is 5.82 Å². The predicted molar refractivity (Wildman–Crippen MR) is 112 cm³/mol. The highest BCUT2D eigenvalue weighted by molar-refractivity contribution is 9.10. The number of halogens is 1. The lowest BCUT2D eigenvalue weighted by atomic mass is 10.3. The lowest BCUT2D eigenvalue weighted by Crippen LogP contribution is -2.10. The summed E-state index contributed by atoms with van der Waals surface area (Å²) in [6, 6.07) is 11.4. The molecule has 1 aromatic carbocycles. The second-order valence-corrected chi connectivity index (χ2v) is 11.5. The molecule has 2 heterocycles. The normalized spacial score (nSPS) is 14.6. The number of thioether (sulfide) groups is 1. The van der Waals surface area contributed by atoms with Crippen LogP contribution in [0.1, 0.15) is 29.6 Å². The van der Waals surface area contributed by atoms with Gasteiger partial charge in [-0.25, -0.2) is 8.42 Å². The van der Waals surface area contributed by atoms with E-state index >= 15 is 0 Å². The summed E-state index contributed by atoms with van der Waals surface area (Å²) < 4.78 is 28.1. The fraction of sp³-hybridized carbons (Fsp3) is 0.333. The van der Waals surface area contributed by atoms with E-state index in [1.807, 2.05) is 6.07 Å². The molecule has 0 atom stereocenters. The highest BCUT2D eigenvalue weighted by atomic mass is 79.9. The molecular weight excluding hydrogens is 466 g/mol. The highest BCUT2D eigenvalue weighted by Gasteiger charge is 2.30. The van der Waals surface area contributed by atoms with Crippen LogP contribution in [0.2, 0.25) is 0 Å². The van der Waals surface area contributed by atoms with Gasteiger partial charge in [0.2, 0.25) is 0 Å². The van der Waals surface area contributed by atoms with Crippen LogP contribution < -0.4 is 0 Å². The van der Waals surface area contributed by atoms with Gasteiger partial charge < -0.3 is 4.57 Å². The average molecular weight is 484 g/mol. The van der Waals surface area contributed by atoms with Crippen molar-refractivity contribution >= 4 is 48.9 Å². The molecule has 142 valence electrons. The van der Waals surface area contributed by atoms with Crippen molar-refractivity contribution in [2.24, 2.45) is 0 Å². The standard InChI is InChI=1S/C18H18BrN3O2S3/c19-13-3-7-16(8-4-13)27(23,24)11-10-26-18-21-20-17(22(18)14-5-6-14)12-15-2-1-9-25-15/h1-4,7-9,14H,5-6,10-12H2. The molecule has 3 aromatic rings. The van der Waals surface area contributed by atoms with E-state index in [2.05, 4.69) is 42.1 Å². The van der Waals surface area contributed by atoms with Gasteiger partial charge in [0.05, 0.1) is 10.6 Å². The number of aromatic nitrogens is 3. The first-order chi connectivity index (χ1) is 13.0. The third-order valence-electron chi connectivity index (χ3n) is 4.32. The minimum atomic E-state index is -3.30. The zero-order valence-electron chi connectivity index (χ0n) is 14.4. The van der Waals surface area contributed by atoms with Crippen LogP contribution in [0.5, 0.6) is 0 Å². The first-order valence-corrected chi connectivity index (χ1v) is 12.9. The van der Waals surface area contributed by atoms with E-state index in [1.54, 1.807) is 35.6 Å². The molecule has 1 fully saturated rings. The van der Waals surface area contributed by atoms with Crippen molar-refractivity contribution in [3.63, 3.8) is 0 Å². The molecule has 5 nitrogen and oxygen atoms in total. The predicted octanol–water partition coefficient (Wildman–Crippen LogP) is 4.59. The highest BCUT2D eigenvalue weighted by Crippen LogP contribution is 2.39. The average Bonchev–Trinajstić information content (AvgIpc) is 3.19. The first kappa shape index (κ1) is 19.2. The van der Waals surface area contributed by atoms with Gasteiger partial charge in [-0.2, -0.15) is 0 Å². The van der Waals surface area contributed by atoms with Gasteiger partial charge in [0.25, 0.3) is 0 Å². The molecule has 0 N–H and O–H groups in total. The summed E-state index contributed by atoms with van der Waals surface area (Å²) in [5.41, 5.74) is 0. The Morgan fingerprint density at radius 1 is 1.19 bits per heavy atom. The maximum absolute atomic E-state index is 12.5. The molecule has 0 radical (unpaired) electrons. The molecule has 9 heteroatoms. The van der Waals surface area contributed by atoms with E-state index in [0.29, 0.717) is 16.7 Å². The smallest absolute Gasteiger partial charge is 0.191 e. The van der Waals surface area contributed by atoms with E-state index in [9.17, 15) is 8.42 Å². The van der Waals surface area contributed by atoms with Crippen LogP contribution in [0.15, 0.2) is 56.3 Å². The number of hydrogen-bond donors (Lipinski definition) is 0. The van der Waals surface area contributed by atoms with Gasteiger partial charge in [-0.1, -0.05) is 33.8 Å². The molecule has 0 spiro atoms. The van der Waals surface area contributed by atoms with E-state index in [4.69, 9.17) is 0 Å². The Hall–Kier alpha value is -1.16. The molecule has 1 aliphatic rings. The quantitative estimate of drug-likeness (QED) is 0.438. The monoisotopic (exact) mass is 483 g/mol. The number of hydrogen-bond acceptors (Lipinski definition) is 6. The third-order valence-corrected chi connectivity index (χ3v) is 8.66. The largest absolute Gasteiger partial charge is 0.303 e. The Bertz CT molecular complexity index is 1010. The lowest BCUT2D eigenvalue weighted by molar-refractivity contribution is 0.597. The van der Waals surface area contributed by atoms with Gasteiger partial charge in [0.15, 0.2) is 15.0 Å². The Morgan fingerprint density at radius 2 is 1.96 bits per heavy atom. The molecule has 0 amide bonds. The number of thiophene rings is 1. The fourth-order valence-electron chi connectivity index (χ4n) is 2.80. The van der Waals surface area contributed by atoms with Crippen LogP contribution >= 0.6 is 39.0 Å². The van der Waals surface area contributed by atoms with Gasteiger partial charge in [0, 0.05) is 27.6 Å². The van der Waals surface area contributed by atoms with Crippen LogP contribution in [0.3, 0.4) is 0 Å². The number of sulfone groups is 1. The molecule has 1 saturated carbocycles. The van der Waals surface area contributed by atoms with Crippen molar-refractivity contribution in [3.8, 4) is 0 Å². The maximum atomic E-state index is 12.5. The van der Waals surface area contributed by atoms with Crippen molar-refractivity contribution in [2.75, 3.05) is 11.5 Å². The van der Waals surface area contributed by atoms with Crippen LogP contribution in [-0.4, -0.2) is 34.7 Å². The summed E-state index contributed by atoms with van der Waals surface area (Å²) >= 11 is 6.52. The molecule has 2 aromatic heterocycles. The van der Waals surface area contributed by atoms with Gasteiger partial charge >= 0.3 is 0 Å². The van der Waals surface area contributed by atoms with Crippen LogP contribution in [0.4, 0.5) is 0 Å². The first-order valence-electron chi connectivity index (χ1n) is 8.60. The lowest BCUT2D eigenvalue weighted by Gasteiger charge is -2.08. The van der Waals surface area contributed by atoms with Crippen LogP contribution in [0, 0.1) is 0 Å². The van der Waals surface area contributed by atoms with Crippen LogP contribution in [0.25, 0.3) is 0 Å². The topological polar surface area (TPSA) is 64.8 Å². The Labute approximate surface area is 175 Å². The van der Waals surface area contributed by atoms with Crippen molar-refractivity contribution < 1.29 is 8.42 Å². The summed E-state index contributed by atoms with van der Waals surface area (Å²) in [6.45, 7) is 0. The summed E-state index contributed by atoms with van der Waals surface area (Å²) in [4.78, 5) is 1.62. The molecular formula is C18H18BrN3O2S3. The van der Waals surface area contributed by atoms with Gasteiger partial charge in [-0.05, 0) is 48.6 Å². The van der Waals surface area contributed by atoms with E-state index < -0.39 is 9.84 Å². The zero-order chi connectivity index (χ0) is 18.9. The Morgan fingerprint density at radius 3 is 2.63 bits per heavy atom. The van der Waals surface area contributed by atoms with Crippen molar-refractivity contribution in [3.05, 3.63) is 57.0 Å². The Kier molecular flexibility index (Phi) is 5.73. The SMILES string of the molecule is O=S(=O)(CCSc1nnc(Cc2cccs2)n1C1CC1)c1ccc(Br)cc1. The molecule has 4 rings (SSSR count). The second kappa shape index (κ2) is 8.06. The minimum Gasteiger partial charge on any atom is -0.303 e. The van der Waals surface area contributed by atoms with Crippen molar-refractivity contribution in [2.45, 2.75) is 35.4 Å². The number of benzene rings is 1. The number of rotatable bonds is 8. The molecule has 0 aliphatic heterocycles.